The number of likely N-dealkylation sites (tertiary alicyclic amines) is 1. The molecule has 3 fully saturated rings. The average molecular weight is 609 g/mol. The van der Waals surface area contributed by atoms with E-state index in [0.29, 0.717) is 24.8 Å². The third-order valence-electron chi connectivity index (χ3n) is 8.85. The molecule has 5 rings (SSSR count). The lowest BCUT2D eigenvalue weighted by Crippen LogP contribution is -2.58. The third-order valence-corrected chi connectivity index (χ3v) is 8.85. The molecule has 2 aromatic rings. The molecule has 1 aromatic heterocycles. The van der Waals surface area contributed by atoms with Crippen molar-refractivity contribution in [3.05, 3.63) is 49.6 Å². The van der Waals surface area contributed by atoms with Gasteiger partial charge in [-0.2, -0.15) is 0 Å². The number of allylic oxidation sites excluding steroid dienone is 1. The van der Waals surface area contributed by atoms with Crippen LogP contribution in [0.3, 0.4) is 0 Å². The number of ether oxygens (including phenoxy) is 2. The van der Waals surface area contributed by atoms with Crippen molar-refractivity contribution < 1.29 is 33.8 Å². The van der Waals surface area contributed by atoms with Crippen LogP contribution in [0.15, 0.2) is 49.6 Å². The summed E-state index contributed by atoms with van der Waals surface area (Å²) >= 11 is 0. The highest BCUT2D eigenvalue weighted by Gasteiger charge is 2.75. The number of hydrogen-bond donors (Lipinski definition) is 2. The number of nitrogens with one attached hydrogen (secondary N) is 1. The number of esters is 1. The number of fused-ring (bicyclic) bond motifs is 2. The van der Waals surface area contributed by atoms with Crippen LogP contribution >= 0.6 is 0 Å². The Morgan fingerprint density at radius 2 is 2.05 bits per heavy atom. The lowest BCUT2D eigenvalue weighted by atomic mass is 9.70. The molecule has 1 spiro atoms. The van der Waals surface area contributed by atoms with E-state index < -0.39 is 59.5 Å². The van der Waals surface area contributed by atoms with Gasteiger partial charge in [-0.3, -0.25) is 19.2 Å². The number of amides is 3. The molecule has 13 nitrogen and oxygen atoms in total. The lowest BCUT2D eigenvalue weighted by Gasteiger charge is -2.38. The van der Waals surface area contributed by atoms with Gasteiger partial charge < -0.3 is 29.7 Å². The van der Waals surface area contributed by atoms with Crippen LogP contribution in [-0.2, 0) is 35.3 Å². The average Bonchev–Trinajstić information content (AvgIpc) is 3.77. The van der Waals surface area contributed by atoms with Gasteiger partial charge in [-0.25, -0.2) is 4.68 Å². The minimum absolute atomic E-state index is 0.0447. The van der Waals surface area contributed by atoms with Crippen molar-refractivity contribution in [1.29, 1.82) is 0 Å². The van der Waals surface area contributed by atoms with Gasteiger partial charge in [-0.05, 0) is 45.2 Å². The van der Waals surface area contributed by atoms with Gasteiger partial charge in [0.05, 0.1) is 42.6 Å². The summed E-state index contributed by atoms with van der Waals surface area (Å²) in [4.78, 5) is 57.1. The summed E-state index contributed by atoms with van der Waals surface area (Å²) in [6, 6.07) is 5.59. The van der Waals surface area contributed by atoms with Crippen LogP contribution in [-0.4, -0.2) is 103 Å². The molecule has 3 aliphatic rings. The first-order valence-electron chi connectivity index (χ1n) is 15.0. The molecular formula is C31H40N6O7. The number of carbonyl (C=O) groups is 4. The number of aromatic nitrogens is 3. The topological polar surface area (TPSA) is 156 Å². The van der Waals surface area contributed by atoms with E-state index in [4.69, 9.17) is 9.47 Å². The zero-order chi connectivity index (χ0) is 31.6. The number of carbonyl (C=O) groups excluding carboxylic acids is 4. The van der Waals surface area contributed by atoms with E-state index in [-0.39, 0.29) is 38.7 Å². The van der Waals surface area contributed by atoms with Crippen LogP contribution in [0.1, 0.15) is 39.5 Å². The van der Waals surface area contributed by atoms with E-state index in [1.165, 1.54) is 9.80 Å². The molecule has 0 saturated carbocycles. The number of aliphatic hydroxyl groups excluding tert-OH is 1. The molecule has 4 heterocycles. The van der Waals surface area contributed by atoms with Crippen molar-refractivity contribution in [1.82, 2.24) is 30.1 Å². The van der Waals surface area contributed by atoms with Gasteiger partial charge in [0.25, 0.3) is 0 Å². The zero-order valence-corrected chi connectivity index (χ0v) is 25.1. The van der Waals surface area contributed by atoms with Crippen molar-refractivity contribution in [3.8, 4) is 0 Å². The minimum atomic E-state index is -1.27. The fourth-order valence-electron chi connectivity index (χ4n) is 6.83. The number of para-hydroxylation sites is 1. The molecule has 2 N–H and O–H groups in total. The van der Waals surface area contributed by atoms with Crippen LogP contribution in [0.5, 0.6) is 0 Å². The maximum absolute atomic E-state index is 14.5. The Hall–Kier alpha value is -4.10. The Balaban J connectivity index is 1.40. The molecule has 13 heteroatoms. The standard InChI is InChI=1S/C31H40N6O7/c1-5-7-12-24(39)32-16-20(4)43-30(42)25-23-13-14-31(44-23)26(25)28(40)37(19(3)17-38)27(31)29(41)35(15-6-2)18-36-22-11-9-8-10-21(22)33-34-36/h5-6,8-11,19-20,23,25-27,38H,1-2,7,12-18H2,3-4H3,(H,32,39)/t19-,20+,23-,25+,26+,27-,31+/m1/s1. The number of benzene rings is 1. The van der Waals surface area contributed by atoms with E-state index in [2.05, 4.69) is 28.8 Å². The number of nitrogens with zero attached hydrogens (tertiary/aromatic N) is 5. The van der Waals surface area contributed by atoms with Crippen molar-refractivity contribution in [3.63, 3.8) is 0 Å². The van der Waals surface area contributed by atoms with E-state index in [1.54, 1.807) is 30.7 Å². The first kappa shape index (κ1) is 31.3. The van der Waals surface area contributed by atoms with Crippen LogP contribution in [0.25, 0.3) is 11.0 Å². The van der Waals surface area contributed by atoms with Gasteiger partial charge >= 0.3 is 5.97 Å². The largest absolute Gasteiger partial charge is 0.460 e. The Labute approximate surface area is 255 Å². The van der Waals surface area contributed by atoms with E-state index >= 15 is 0 Å². The maximum atomic E-state index is 14.5. The summed E-state index contributed by atoms with van der Waals surface area (Å²) in [6.07, 6.45) is 3.68. The van der Waals surface area contributed by atoms with Gasteiger partial charge in [0, 0.05) is 13.0 Å². The van der Waals surface area contributed by atoms with Crippen LogP contribution in [0, 0.1) is 11.8 Å². The van der Waals surface area contributed by atoms with Crippen LogP contribution in [0.2, 0.25) is 0 Å². The first-order chi connectivity index (χ1) is 21.2. The van der Waals surface area contributed by atoms with Gasteiger partial charge in [-0.1, -0.05) is 29.5 Å². The minimum Gasteiger partial charge on any atom is -0.460 e. The Morgan fingerprint density at radius 1 is 1.27 bits per heavy atom. The second kappa shape index (κ2) is 12.9. The highest BCUT2D eigenvalue weighted by atomic mass is 16.6. The molecule has 0 aliphatic carbocycles. The summed E-state index contributed by atoms with van der Waals surface area (Å²) < 4.78 is 13.8. The molecular weight excluding hydrogens is 568 g/mol. The van der Waals surface area contributed by atoms with Gasteiger partial charge in [-0.15, -0.1) is 18.3 Å². The normalized spacial score (nSPS) is 26.7. The Kier molecular flexibility index (Phi) is 9.16. The van der Waals surface area contributed by atoms with Crippen molar-refractivity contribution in [2.45, 2.75) is 76.1 Å². The highest BCUT2D eigenvalue weighted by Crippen LogP contribution is 2.59. The van der Waals surface area contributed by atoms with E-state index in [0.717, 1.165) is 5.52 Å². The Bertz CT molecular complexity index is 1440. The highest BCUT2D eigenvalue weighted by molar-refractivity contribution is 5.98. The van der Waals surface area contributed by atoms with Crippen LogP contribution in [0.4, 0.5) is 0 Å². The van der Waals surface area contributed by atoms with Gasteiger partial charge in [0.1, 0.15) is 29.9 Å². The molecule has 3 saturated heterocycles. The Morgan fingerprint density at radius 3 is 2.77 bits per heavy atom. The number of hydrogen-bond acceptors (Lipinski definition) is 9. The van der Waals surface area contributed by atoms with Crippen molar-refractivity contribution in [2.24, 2.45) is 11.8 Å². The molecule has 44 heavy (non-hydrogen) atoms. The molecule has 3 aliphatic heterocycles. The van der Waals surface area contributed by atoms with Gasteiger partial charge in [0.15, 0.2) is 0 Å². The summed E-state index contributed by atoms with van der Waals surface area (Å²) in [7, 11) is 0. The second-order valence-corrected chi connectivity index (χ2v) is 11.8. The second-order valence-electron chi connectivity index (χ2n) is 11.8. The van der Waals surface area contributed by atoms with Crippen molar-refractivity contribution in [2.75, 3.05) is 19.7 Å². The smallest absolute Gasteiger partial charge is 0.312 e. The zero-order valence-electron chi connectivity index (χ0n) is 25.1. The summed E-state index contributed by atoms with van der Waals surface area (Å²) in [5, 5.41) is 21.3. The predicted molar refractivity (Wildman–Crippen MR) is 158 cm³/mol. The van der Waals surface area contributed by atoms with E-state index in [1.807, 2.05) is 24.3 Å². The third kappa shape index (κ3) is 5.50. The summed E-state index contributed by atoms with van der Waals surface area (Å²) in [5.41, 5.74) is 0.145. The summed E-state index contributed by atoms with van der Waals surface area (Å²) in [6.45, 7) is 10.7. The first-order valence-corrected chi connectivity index (χ1v) is 15.0. The SMILES string of the molecule is C=CCCC(=O)NC[C@H](C)OC(=O)[C@@H]1[C@H]2C(=O)N([C@H](C)CO)[C@H](C(=O)N(CC=C)Cn3nnc4ccccc43)[C@]23CC[C@H]1O3. The monoisotopic (exact) mass is 608 g/mol. The fourth-order valence-corrected chi connectivity index (χ4v) is 6.83. The van der Waals surface area contributed by atoms with Crippen LogP contribution < -0.4 is 5.32 Å². The predicted octanol–water partition coefficient (Wildman–Crippen LogP) is 1.17. The number of rotatable bonds is 14. The fraction of sp³-hybridized carbons (Fsp3) is 0.548. The maximum Gasteiger partial charge on any atom is 0.312 e. The molecule has 7 atom stereocenters. The summed E-state index contributed by atoms with van der Waals surface area (Å²) in [5.74, 6) is -3.49. The molecule has 3 amide bonds. The van der Waals surface area contributed by atoms with E-state index in [9.17, 15) is 24.3 Å². The van der Waals surface area contributed by atoms with Crippen molar-refractivity contribution >= 4 is 34.7 Å². The lowest BCUT2D eigenvalue weighted by molar-refractivity contribution is -0.160. The molecule has 0 radical (unpaired) electrons. The molecule has 236 valence electrons. The molecule has 0 unspecified atom stereocenters. The quantitative estimate of drug-likeness (QED) is 0.237. The van der Waals surface area contributed by atoms with Gasteiger partial charge in [0.2, 0.25) is 17.7 Å². The molecule has 2 bridgehead atoms. The molecule has 1 aromatic carbocycles. The number of aliphatic hydroxyl groups is 1.